The molecule has 0 aliphatic rings. The van der Waals surface area contributed by atoms with Crippen LogP contribution in [0.3, 0.4) is 0 Å². The number of nitro benzene ring substituents is 3. The Hall–Kier alpha value is -5.19. The highest BCUT2D eigenvalue weighted by Crippen LogP contribution is 2.39. The van der Waals surface area contributed by atoms with E-state index in [1.54, 1.807) is 0 Å². The topological polar surface area (TPSA) is 163 Å². The monoisotopic (exact) mass is 502 g/mol. The van der Waals surface area contributed by atoms with Gasteiger partial charge in [0.25, 0.3) is 11.4 Å². The molecule has 4 rings (SSSR count). The van der Waals surface area contributed by atoms with Gasteiger partial charge in [0, 0.05) is 11.8 Å². The minimum atomic E-state index is -1.21. The highest BCUT2D eigenvalue weighted by Gasteiger charge is 2.30. The molecule has 0 saturated carbocycles. The van der Waals surface area contributed by atoms with Crippen LogP contribution >= 0.6 is 0 Å². The highest BCUT2D eigenvalue weighted by atomic mass is 16.6. The number of phenols is 1. The van der Waals surface area contributed by atoms with Crippen LogP contribution in [-0.4, -0.2) is 24.9 Å². The molecule has 188 valence electrons. The zero-order chi connectivity index (χ0) is 27.1. The van der Waals surface area contributed by atoms with E-state index in [1.807, 2.05) is 12.3 Å². The molecule has 1 heterocycles. The predicted octanol–water partition coefficient (Wildman–Crippen LogP) is 6.66. The van der Waals surface area contributed by atoms with Crippen LogP contribution in [0.15, 0.2) is 85.1 Å². The first kappa shape index (κ1) is 26.4. The van der Waals surface area contributed by atoms with E-state index in [9.17, 15) is 30.3 Å². The minimum absolute atomic E-state index is 0.447. The van der Waals surface area contributed by atoms with Gasteiger partial charge < -0.3 is 5.11 Å². The molecule has 11 nitrogen and oxygen atoms in total. The molecule has 0 bridgehead atoms. The molecular formula is C26H22N4O7. The fourth-order valence-electron chi connectivity index (χ4n) is 3.53. The average Bonchev–Trinajstić information content (AvgIpc) is 2.89. The Labute approximate surface area is 211 Å². The molecule has 11 heteroatoms. The molecule has 0 aliphatic heterocycles. The van der Waals surface area contributed by atoms with Crippen molar-refractivity contribution in [3.05, 3.63) is 121 Å². The molecule has 0 fully saturated rings. The Bertz CT molecular complexity index is 1410. The van der Waals surface area contributed by atoms with Gasteiger partial charge in [-0.2, -0.15) is 0 Å². The van der Waals surface area contributed by atoms with Crippen LogP contribution in [0.4, 0.5) is 17.1 Å². The van der Waals surface area contributed by atoms with E-state index in [4.69, 9.17) is 5.11 Å². The first-order valence-electron chi connectivity index (χ1n) is 11.0. The third-order valence-electron chi connectivity index (χ3n) is 5.37. The summed E-state index contributed by atoms with van der Waals surface area (Å²) in [6.45, 7) is 4.43. The third-order valence-corrected chi connectivity index (χ3v) is 5.37. The summed E-state index contributed by atoms with van der Waals surface area (Å²) in [5.74, 6) is -0.752. The van der Waals surface area contributed by atoms with E-state index < -0.39 is 37.6 Å². The second-order valence-corrected chi connectivity index (χ2v) is 8.15. The first-order chi connectivity index (χ1) is 17.6. The zero-order valence-electron chi connectivity index (χ0n) is 19.8. The Morgan fingerprint density at radius 2 is 1.22 bits per heavy atom. The summed E-state index contributed by atoms with van der Waals surface area (Å²) in [6, 6.07) is 24.0. The maximum atomic E-state index is 10.4. The van der Waals surface area contributed by atoms with E-state index in [-0.39, 0.29) is 0 Å². The number of phenolic OH excluding ortho intramolecular Hbond substituents is 1. The third kappa shape index (κ3) is 6.28. The van der Waals surface area contributed by atoms with Crippen molar-refractivity contribution in [2.45, 2.75) is 19.8 Å². The minimum Gasteiger partial charge on any atom is -0.497 e. The molecule has 0 radical (unpaired) electrons. The largest absolute Gasteiger partial charge is 0.497 e. The fourth-order valence-corrected chi connectivity index (χ4v) is 3.53. The Balaban J connectivity index is 0.000000214. The van der Waals surface area contributed by atoms with Gasteiger partial charge in [-0.3, -0.25) is 35.3 Å². The van der Waals surface area contributed by atoms with Crippen LogP contribution in [-0.2, 0) is 0 Å². The maximum absolute atomic E-state index is 10.4. The zero-order valence-corrected chi connectivity index (χ0v) is 19.8. The van der Waals surface area contributed by atoms with Crippen molar-refractivity contribution < 1.29 is 19.9 Å². The van der Waals surface area contributed by atoms with Gasteiger partial charge in [0.15, 0.2) is 0 Å². The molecule has 0 amide bonds. The number of pyridine rings is 1. The van der Waals surface area contributed by atoms with Gasteiger partial charge in [0.2, 0.25) is 0 Å². The molecule has 1 aromatic heterocycles. The van der Waals surface area contributed by atoms with Gasteiger partial charge in [-0.15, -0.1) is 0 Å². The predicted molar refractivity (Wildman–Crippen MR) is 137 cm³/mol. The molecular weight excluding hydrogens is 480 g/mol. The standard InChI is InChI=1S/C20H19N.C6H3N3O7/c1-15(2)19-14-21-20(17-11-7-4-8-12-17)13-18(19)16-9-5-3-6-10-16;10-6-4(8(13)14)1-3(7(11)12)2-5(6)9(15)16/h3-15H,1-2H3;1-2,10H. The average molecular weight is 502 g/mol. The van der Waals surface area contributed by atoms with Crippen LogP contribution in [0.5, 0.6) is 5.75 Å². The second kappa shape index (κ2) is 11.5. The lowest BCUT2D eigenvalue weighted by Crippen LogP contribution is -1.97. The number of non-ortho nitro benzene ring substituents is 1. The summed E-state index contributed by atoms with van der Waals surface area (Å²) in [7, 11) is 0. The smallest absolute Gasteiger partial charge is 0.324 e. The molecule has 1 N–H and O–H groups in total. The fraction of sp³-hybridized carbons (Fsp3) is 0.115. The lowest BCUT2D eigenvalue weighted by Gasteiger charge is -2.14. The van der Waals surface area contributed by atoms with Crippen molar-refractivity contribution in [2.75, 3.05) is 0 Å². The van der Waals surface area contributed by atoms with Crippen molar-refractivity contribution in [1.82, 2.24) is 4.98 Å². The summed E-state index contributed by atoms with van der Waals surface area (Å²) in [4.78, 5) is 32.4. The number of hydrogen-bond acceptors (Lipinski definition) is 8. The maximum Gasteiger partial charge on any atom is 0.324 e. The number of nitro groups is 3. The highest BCUT2D eigenvalue weighted by molar-refractivity contribution is 5.73. The van der Waals surface area contributed by atoms with Gasteiger partial charge >= 0.3 is 11.4 Å². The van der Waals surface area contributed by atoms with Crippen LogP contribution in [0.2, 0.25) is 0 Å². The summed E-state index contributed by atoms with van der Waals surface area (Å²) in [6.07, 6.45) is 2.02. The summed E-state index contributed by atoms with van der Waals surface area (Å²) < 4.78 is 0. The van der Waals surface area contributed by atoms with Crippen molar-refractivity contribution in [3.63, 3.8) is 0 Å². The Kier molecular flexibility index (Phi) is 8.20. The molecule has 3 aromatic carbocycles. The summed E-state index contributed by atoms with van der Waals surface area (Å²) in [5, 5.41) is 40.2. The molecule has 0 aliphatic carbocycles. The number of hydrogen-bond donors (Lipinski definition) is 1. The van der Waals surface area contributed by atoms with E-state index in [0.717, 1.165) is 11.3 Å². The van der Waals surface area contributed by atoms with Gasteiger partial charge in [0.1, 0.15) is 0 Å². The van der Waals surface area contributed by atoms with Gasteiger partial charge in [-0.1, -0.05) is 74.5 Å². The van der Waals surface area contributed by atoms with E-state index >= 15 is 0 Å². The van der Waals surface area contributed by atoms with Crippen LogP contribution in [0.25, 0.3) is 22.4 Å². The molecule has 0 saturated heterocycles. The van der Waals surface area contributed by atoms with Gasteiger partial charge in [-0.05, 0) is 28.7 Å². The summed E-state index contributed by atoms with van der Waals surface area (Å²) in [5.41, 5.74) is 3.00. The number of nitrogens with zero attached hydrogens (tertiary/aromatic N) is 4. The number of aromatic hydroxyl groups is 1. The van der Waals surface area contributed by atoms with Crippen molar-refractivity contribution in [1.29, 1.82) is 0 Å². The van der Waals surface area contributed by atoms with Crippen molar-refractivity contribution in [2.24, 2.45) is 0 Å². The molecule has 0 unspecified atom stereocenters. The first-order valence-corrected chi connectivity index (χ1v) is 11.0. The van der Waals surface area contributed by atoms with Crippen LogP contribution < -0.4 is 0 Å². The van der Waals surface area contributed by atoms with Gasteiger partial charge in [-0.25, -0.2) is 0 Å². The van der Waals surface area contributed by atoms with Crippen LogP contribution in [0, 0.1) is 30.3 Å². The van der Waals surface area contributed by atoms with Crippen molar-refractivity contribution >= 4 is 17.1 Å². The SMILES string of the molecule is CC(C)c1cnc(-c2ccccc2)cc1-c1ccccc1.O=[N+]([O-])c1cc([N+](=O)[O-])c(O)c([N+](=O)[O-])c1. The van der Waals surface area contributed by atoms with Gasteiger partial charge in [0.05, 0.1) is 32.6 Å². The lowest BCUT2D eigenvalue weighted by atomic mass is 9.93. The van der Waals surface area contributed by atoms with E-state index in [0.29, 0.717) is 18.1 Å². The van der Waals surface area contributed by atoms with E-state index in [2.05, 4.69) is 79.5 Å². The lowest BCUT2D eigenvalue weighted by molar-refractivity contribution is -0.404. The summed E-state index contributed by atoms with van der Waals surface area (Å²) >= 11 is 0. The van der Waals surface area contributed by atoms with E-state index in [1.165, 1.54) is 16.7 Å². The normalized spacial score (nSPS) is 10.4. The number of rotatable bonds is 6. The van der Waals surface area contributed by atoms with Crippen molar-refractivity contribution in [3.8, 4) is 28.1 Å². The molecule has 4 aromatic rings. The second-order valence-electron chi connectivity index (χ2n) is 8.15. The molecule has 0 atom stereocenters. The number of aromatic nitrogens is 1. The Morgan fingerprint density at radius 3 is 1.65 bits per heavy atom. The molecule has 37 heavy (non-hydrogen) atoms. The molecule has 0 spiro atoms. The Morgan fingerprint density at radius 1 is 0.730 bits per heavy atom. The van der Waals surface area contributed by atoms with Crippen LogP contribution in [0.1, 0.15) is 25.3 Å². The quantitative estimate of drug-likeness (QED) is 0.226. The number of benzene rings is 3.